The van der Waals surface area contributed by atoms with Gasteiger partial charge in [0.1, 0.15) is 6.61 Å². The van der Waals surface area contributed by atoms with Gasteiger partial charge < -0.3 is 19.8 Å². The SMILES string of the molecule is C=C(C)C(=O)OCCN(CC(O)CO)c1ccccc1. The average molecular weight is 279 g/mol. The second-order valence-corrected chi connectivity index (χ2v) is 4.53. The lowest BCUT2D eigenvalue weighted by atomic mass is 10.2. The highest BCUT2D eigenvalue weighted by Gasteiger charge is 2.12. The molecule has 0 fully saturated rings. The van der Waals surface area contributed by atoms with Gasteiger partial charge in [-0.25, -0.2) is 4.79 Å². The lowest BCUT2D eigenvalue weighted by Crippen LogP contribution is -2.37. The van der Waals surface area contributed by atoms with E-state index < -0.39 is 12.1 Å². The Morgan fingerprint density at radius 1 is 1.40 bits per heavy atom. The number of esters is 1. The number of carbonyl (C=O) groups is 1. The minimum atomic E-state index is -0.841. The molecule has 1 rings (SSSR count). The van der Waals surface area contributed by atoms with Crippen molar-refractivity contribution in [1.29, 1.82) is 0 Å². The molecule has 2 N–H and O–H groups in total. The van der Waals surface area contributed by atoms with Gasteiger partial charge >= 0.3 is 5.97 Å². The molecule has 0 aromatic heterocycles. The van der Waals surface area contributed by atoms with Gasteiger partial charge in [-0.05, 0) is 19.1 Å². The van der Waals surface area contributed by atoms with Crippen LogP contribution in [0.2, 0.25) is 0 Å². The fourth-order valence-electron chi connectivity index (χ4n) is 1.65. The molecule has 1 aromatic carbocycles. The summed E-state index contributed by atoms with van der Waals surface area (Å²) in [6.07, 6.45) is -0.841. The molecule has 1 aromatic rings. The highest BCUT2D eigenvalue weighted by atomic mass is 16.5. The summed E-state index contributed by atoms with van der Waals surface area (Å²) >= 11 is 0. The van der Waals surface area contributed by atoms with Crippen LogP contribution in [0.15, 0.2) is 42.5 Å². The number of rotatable bonds is 8. The van der Waals surface area contributed by atoms with Crippen molar-refractivity contribution in [3.63, 3.8) is 0 Å². The van der Waals surface area contributed by atoms with Crippen molar-refractivity contribution in [2.75, 3.05) is 31.2 Å². The van der Waals surface area contributed by atoms with Crippen LogP contribution in [0, 0.1) is 0 Å². The number of para-hydroxylation sites is 1. The van der Waals surface area contributed by atoms with E-state index in [1.54, 1.807) is 6.92 Å². The summed E-state index contributed by atoms with van der Waals surface area (Å²) in [7, 11) is 0. The molecule has 0 aliphatic rings. The maximum atomic E-state index is 11.3. The average Bonchev–Trinajstić information content (AvgIpc) is 2.46. The molecule has 0 aliphatic carbocycles. The third kappa shape index (κ3) is 5.42. The van der Waals surface area contributed by atoms with Crippen LogP contribution in [0.25, 0.3) is 0 Å². The Kier molecular flexibility index (Phi) is 6.76. The zero-order valence-corrected chi connectivity index (χ0v) is 11.7. The zero-order valence-electron chi connectivity index (χ0n) is 11.7. The molecule has 1 atom stereocenters. The molecule has 0 bridgehead atoms. The lowest BCUT2D eigenvalue weighted by molar-refractivity contribution is -0.138. The standard InChI is InChI=1S/C15H21NO4/c1-12(2)15(19)20-9-8-16(10-14(18)11-17)13-6-4-3-5-7-13/h3-7,14,17-18H,1,8-11H2,2H3. The highest BCUT2D eigenvalue weighted by Crippen LogP contribution is 2.13. The Hall–Kier alpha value is -1.85. The number of aliphatic hydroxyl groups excluding tert-OH is 2. The summed E-state index contributed by atoms with van der Waals surface area (Å²) in [5, 5.41) is 18.5. The molecule has 20 heavy (non-hydrogen) atoms. The normalized spacial score (nSPS) is 11.8. The fourth-order valence-corrected chi connectivity index (χ4v) is 1.65. The number of aliphatic hydroxyl groups is 2. The van der Waals surface area contributed by atoms with Gasteiger partial charge in [0, 0.05) is 17.8 Å². The van der Waals surface area contributed by atoms with Gasteiger partial charge in [0.25, 0.3) is 0 Å². The van der Waals surface area contributed by atoms with Crippen LogP contribution in [0.5, 0.6) is 0 Å². The Bertz CT molecular complexity index is 433. The van der Waals surface area contributed by atoms with E-state index in [0.29, 0.717) is 12.1 Å². The molecular weight excluding hydrogens is 258 g/mol. The molecule has 1 unspecified atom stereocenters. The second kappa shape index (κ2) is 8.35. The van der Waals surface area contributed by atoms with E-state index >= 15 is 0 Å². The third-order valence-electron chi connectivity index (χ3n) is 2.71. The number of anilines is 1. The van der Waals surface area contributed by atoms with Gasteiger partial charge in [0.2, 0.25) is 0 Å². The minimum absolute atomic E-state index is 0.193. The van der Waals surface area contributed by atoms with Gasteiger partial charge in [0.15, 0.2) is 0 Å². The highest BCUT2D eigenvalue weighted by molar-refractivity contribution is 5.86. The van der Waals surface area contributed by atoms with Gasteiger partial charge in [-0.1, -0.05) is 24.8 Å². The summed E-state index contributed by atoms with van der Waals surface area (Å²) < 4.78 is 5.05. The van der Waals surface area contributed by atoms with Gasteiger partial charge in [0.05, 0.1) is 19.3 Å². The first-order valence-electron chi connectivity index (χ1n) is 6.46. The lowest BCUT2D eigenvalue weighted by Gasteiger charge is -2.26. The first kappa shape index (κ1) is 16.2. The van der Waals surface area contributed by atoms with Gasteiger partial charge in [-0.15, -0.1) is 0 Å². The Balaban J connectivity index is 2.60. The van der Waals surface area contributed by atoms with E-state index in [2.05, 4.69) is 6.58 Å². The molecule has 0 radical (unpaired) electrons. The minimum Gasteiger partial charge on any atom is -0.460 e. The van der Waals surface area contributed by atoms with E-state index in [-0.39, 0.29) is 19.8 Å². The van der Waals surface area contributed by atoms with Crippen molar-refractivity contribution in [2.45, 2.75) is 13.0 Å². The predicted molar refractivity (Wildman–Crippen MR) is 77.5 cm³/mol. The number of ether oxygens (including phenoxy) is 1. The quantitative estimate of drug-likeness (QED) is 0.548. The summed E-state index contributed by atoms with van der Waals surface area (Å²) in [6, 6.07) is 9.45. The second-order valence-electron chi connectivity index (χ2n) is 4.53. The van der Waals surface area contributed by atoms with Gasteiger partial charge in [-0.3, -0.25) is 0 Å². The number of nitrogens with zero attached hydrogens (tertiary/aromatic N) is 1. The Labute approximate surface area is 119 Å². The zero-order chi connectivity index (χ0) is 15.0. The van der Waals surface area contributed by atoms with Crippen molar-refractivity contribution >= 4 is 11.7 Å². The first-order chi connectivity index (χ1) is 9.54. The maximum absolute atomic E-state index is 11.3. The maximum Gasteiger partial charge on any atom is 0.333 e. The number of hydrogen-bond acceptors (Lipinski definition) is 5. The molecule has 5 nitrogen and oxygen atoms in total. The molecule has 0 spiro atoms. The monoisotopic (exact) mass is 279 g/mol. The molecule has 0 aliphatic heterocycles. The summed E-state index contributed by atoms with van der Waals surface area (Å²) in [6.45, 7) is 5.68. The molecule has 5 heteroatoms. The first-order valence-corrected chi connectivity index (χ1v) is 6.46. The van der Waals surface area contributed by atoms with E-state index in [1.165, 1.54) is 0 Å². The largest absolute Gasteiger partial charge is 0.460 e. The Morgan fingerprint density at radius 3 is 2.60 bits per heavy atom. The van der Waals surface area contributed by atoms with Crippen molar-refractivity contribution in [2.24, 2.45) is 0 Å². The smallest absolute Gasteiger partial charge is 0.333 e. The van der Waals surface area contributed by atoms with Crippen LogP contribution in [0.3, 0.4) is 0 Å². The van der Waals surface area contributed by atoms with Crippen LogP contribution in [0.1, 0.15) is 6.92 Å². The van der Waals surface area contributed by atoms with Crippen molar-refractivity contribution in [1.82, 2.24) is 0 Å². The third-order valence-corrected chi connectivity index (χ3v) is 2.71. The summed E-state index contributed by atoms with van der Waals surface area (Å²) in [5.41, 5.74) is 1.25. The number of benzene rings is 1. The van der Waals surface area contributed by atoms with E-state index in [1.807, 2.05) is 35.2 Å². The van der Waals surface area contributed by atoms with E-state index in [9.17, 15) is 9.90 Å². The van der Waals surface area contributed by atoms with Crippen LogP contribution in [-0.4, -0.2) is 48.6 Å². The van der Waals surface area contributed by atoms with Crippen LogP contribution < -0.4 is 4.90 Å². The molecule has 0 saturated carbocycles. The number of hydrogen-bond donors (Lipinski definition) is 2. The topological polar surface area (TPSA) is 70.0 Å². The van der Waals surface area contributed by atoms with Crippen LogP contribution in [0.4, 0.5) is 5.69 Å². The summed E-state index contributed by atoms with van der Waals surface area (Å²) in [5.74, 6) is -0.430. The van der Waals surface area contributed by atoms with Gasteiger partial charge in [-0.2, -0.15) is 0 Å². The molecule has 110 valence electrons. The predicted octanol–water partition coefficient (Wildman–Crippen LogP) is 0.965. The number of carbonyl (C=O) groups excluding carboxylic acids is 1. The van der Waals surface area contributed by atoms with Crippen molar-refractivity contribution < 1.29 is 19.7 Å². The fraction of sp³-hybridized carbons (Fsp3) is 0.400. The molecule has 0 saturated heterocycles. The molecular formula is C15H21NO4. The molecule has 0 heterocycles. The van der Waals surface area contributed by atoms with E-state index in [0.717, 1.165) is 5.69 Å². The van der Waals surface area contributed by atoms with Crippen molar-refractivity contribution in [3.8, 4) is 0 Å². The summed E-state index contributed by atoms with van der Waals surface area (Å²) in [4.78, 5) is 13.2. The molecule has 0 amide bonds. The van der Waals surface area contributed by atoms with E-state index in [4.69, 9.17) is 9.84 Å². The van der Waals surface area contributed by atoms with Crippen LogP contribution >= 0.6 is 0 Å². The Morgan fingerprint density at radius 2 is 2.05 bits per heavy atom. The van der Waals surface area contributed by atoms with Crippen molar-refractivity contribution in [3.05, 3.63) is 42.5 Å². The van der Waals surface area contributed by atoms with Crippen LogP contribution in [-0.2, 0) is 9.53 Å².